The number of hydrogen-bond acceptors (Lipinski definition) is 5. The summed E-state index contributed by atoms with van der Waals surface area (Å²) in [6.07, 6.45) is 2.39. The lowest BCUT2D eigenvalue weighted by Gasteiger charge is -2.29. The standard InChI is InChI=1S/C32H28N4O4/c1-16-8-13-23-28(17(16)2)34-31(40)32(23)27-26(25(35-32)14-20-15-33-24-7-5-4-6-22(20)24)29(38)36(30(27)39)21-11-9-19(10-12-21)18(3)37/h4-13,15,25-27,33,35H,14H2,1-3H3,(H,34,40)/t25-,26-,27+,32-/m1/s1. The molecule has 7 rings (SSSR count). The van der Waals surface area contributed by atoms with Gasteiger partial charge in [0.1, 0.15) is 5.54 Å². The quantitative estimate of drug-likeness (QED) is 0.270. The largest absolute Gasteiger partial charge is 0.361 e. The predicted octanol–water partition coefficient (Wildman–Crippen LogP) is 4.16. The Hall–Kier alpha value is -4.56. The van der Waals surface area contributed by atoms with Gasteiger partial charge >= 0.3 is 0 Å². The van der Waals surface area contributed by atoms with Crippen LogP contribution >= 0.6 is 0 Å². The van der Waals surface area contributed by atoms with Crippen LogP contribution in [0.15, 0.2) is 66.9 Å². The van der Waals surface area contributed by atoms with Crippen molar-refractivity contribution < 1.29 is 19.2 Å². The molecule has 0 bridgehead atoms. The zero-order chi connectivity index (χ0) is 27.9. The number of aryl methyl sites for hydroxylation is 1. The number of rotatable bonds is 4. The number of para-hydroxylation sites is 1. The second-order valence-electron chi connectivity index (χ2n) is 11.1. The van der Waals surface area contributed by atoms with Gasteiger partial charge in [-0.2, -0.15) is 0 Å². The number of nitrogens with zero attached hydrogens (tertiary/aromatic N) is 1. The van der Waals surface area contributed by atoms with E-state index in [1.807, 2.05) is 56.4 Å². The zero-order valence-corrected chi connectivity index (χ0v) is 22.4. The van der Waals surface area contributed by atoms with Gasteiger partial charge in [0, 0.05) is 40.0 Å². The lowest BCUT2D eigenvalue weighted by molar-refractivity contribution is -0.130. The van der Waals surface area contributed by atoms with Crippen molar-refractivity contribution in [2.75, 3.05) is 10.2 Å². The number of hydrogen-bond donors (Lipinski definition) is 3. The molecule has 200 valence electrons. The number of carbonyl (C=O) groups is 4. The van der Waals surface area contributed by atoms with Gasteiger partial charge < -0.3 is 10.3 Å². The second-order valence-corrected chi connectivity index (χ2v) is 11.1. The maximum Gasteiger partial charge on any atom is 0.250 e. The number of imide groups is 1. The molecular formula is C32H28N4O4. The fourth-order valence-corrected chi connectivity index (χ4v) is 6.93. The molecule has 3 aliphatic rings. The summed E-state index contributed by atoms with van der Waals surface area (Å²) in [6, 6.07) is 17.8. The second kappa shape index (κ2) is 8.47. The molecule has 0 unspecified atom stereocenters. The molecule has 4 atom stereocenters. The molecule has 3 amide bonds. The monoisotopic (exact) mass is 532 g/mol. The average molecular weight is 533 g/mol. The van der Waals surface area contributed by atoms with Crippen molar-refractivity contribution in [2.24, 2.45) is 11.8 Å². The highest BCUT2D eigenvalue weighted by Gasteiger charge is 2.70. The van der Waals surface area contributed by atoms with Gasteiger partial charge in [-0.15, -0.1) is 0 Å². The Morgan fingerprint density at radius 3 is 2.45 bits per heavy atom. The number of H-pyrrole nitrogens is 1. The lowest BCUT2D eigenvalue weighted by atomic mass is 9.75. The minimum absolute atomic E-state index is 0.102. The fourth-order valence-electron chi connectivity index (χ4n) is 6.93. The molecule has 1 spiro atoms. The van der Waals surface area contributed by atoms with Crippen molar-refractivity contribution in [3.8, 4) is 0 Å². The highest BCUT2D eigenvalue weighted by Crippen LogP contribution is 2.54. The molecule has 1 aromatic heterocycles. The van der Waals surface area contributed by atoms with Gasteiger partial charge in [0.2, 0.25) is 17.7 Å². The summed E-state index contributed by atoms with van der Waals surface area (Å²) in [6.45, 7) is 5.40. The van der Waals surface area contributed by atoms with E-state index in [9.17, 15) is 19.2 Å². The van der Waals surface area contributed by atoms with Crippen LogP contribution in [0.3, 0.4) is 0 Å². The van der Waals surface area contributed by atoms with Gasteiger partial charge in [0.15, 0.2) is 5.78 Å². The molecule has 3 aliphatic heterocycles. The molecule has 4 aromatic rings. The summed E-state index contributed by atoms with van der Waals surface area (Å²) in [5.74, 6) is -2.86. The third-order valence-corrected chi connectivity index (χ3v) is 9.07. The van der Waals surface area contributed by atoms with Crippen LogP contribution in [0.2, 0.25) is 0 Å². The highest BCUT2D eigenvalue weighted by atomic mass is 16.2. The van der Waals surface area contributed by atoms with Crippen molar-refractivity contribution >= 4 is 45.8 Å². The van der Waals surface area contributed by atoms with Crippen LogP contribution in [0.1, 0.15) is 39.5 Å². The van der Waals surface area contributed by atoms with Gasteiger partial charge in [0.05, 0.1) is 17.5 Å². The van der Waals surface area contributed by atoms with E-state index in [4.69, 9.17) is 0 Å². The summed E-state index contributed by atoms with van der Waals surface area (Å²) < 4.78 is 0. The van der Waals surface area contributed by atoms with E-state index < -0.39 is 29.3 Å². The number of ketones is 1. The molecule has 4 heterocycles. The molecule has 3 aromatic carbocycles. The molecule has 0 radical (unpaired) electrons. The van der Waals surface area contributed by atoms with Gasteiger partial charge in [0.25, 0.3) is 0 Å². The predicted molar refractivity (Wildman–Crippen MR) is 151 cm³/mol. The lowest BCUT2D eigenvalue weighted by Crippen LogP contribution is -2.53. The summed E-state index contributed by atoms with van der Waals surface area (Å²) >= 11 is 0. The maximum atomic E-state index is 14.3. The van der Waals surface area contributed by atoms with Crippen molar-refractivity contribution in [1.29, 1.82) is 0 Å². The average Bonchev–Trinajstić information content (AvgIpc) is 3.65. The number of benzene rings is 3. The SMILES string of the molecule is CC(=O)c1ccc(N2C(=O)[C@H]3[C@@H](C2=O)[C@@]2(N[C@@H]3Cc3c[nH]c4ccccc34)C(=O)Nc3c2ccc(C)c3C)cc1. The van der Waals surface area contributed by atoms with Crippen LogP contribution in [-0.2, 0) is 26.3 Å². The number of carbonyl (C=O) groups excluding carboxylic acids is 4. The number of fused-ring (bicyclic) bond motifs is 5. The van der Waals surface area contributed by atoms with E-state index in [1.165, 1.54) is 11.8 Å². The minimum Gasteiger partial charge on any atom is -0.361 e. The Balaban J connectivity index is 1.37. The topological polar surface area (TPSA) is 111 Å². The van der Waals surface area contributed by atoms with Crippen LogP contribution in [0.4, 0.5) is 11.4 Å². The molecule has 40 heavy (non-hydrogen) atoms. The number of nitrogens with one attached hydrogen (secondary N) is 3. The van der Waals surface area contributed by atoms with Crippen LogP contribution in [0.25, 0.3) is 10.9 Å². The van der Waals surface area contributed by atoms with Crippen molar-refractivity contribution in [3.63, 3.8) is 0 Å². The van der Waals surface area contributed by atoms with Crippen LogP contribution in [0.5, 0.6) is 0 Å². The Bertz CT molecular complexity index is 1770. The maximum absolute atomic E-state index is 14.3. The van der Waals surface area contributed by atoms with Crippen LogP contribution in [-0.4, -0.2) is 34.5 Å². The smallest absolute Gasteiger partial charge is 0.250 e. The Kier molecular flexibility index (Phi) is 5.18. The van der Waals surface area contributed by atoms with E-state index in [-0.39, 0.29) is 17.6 Å². The molecule has 0 saturated carbocycles. The van der Waals surface area contributed by atoms with Crippen molar-refractivity contribution in [2.45, 2.75) is 38.8 Å². The first kappa shape index (κ1) is 24.5. The molecule has 0 aliphatic carbocycles. The fraction of sp³-hybridized carbons (Fsp3) is 0.250. The number of aromatic amines is 1. The van der Waals surface area contributed by atoms with Gasteiger partial charge in [-0.3, -0.25) is 24.5 Å². The molecule has 2 fully saturated rings. The van der Waals surface area contributed by atoms with Crippen molar-refractivity contribution in [1.82, 2.24) is 10.3 Å². The van der Waals surface area contributed by atoms with Crippen LogP contribution < -0.4 is 15.5 Å². The minimum atomic E-state index is -1.38. The van der Waals surface area contributed by atoms with E-state index in [1.54, 1.807) is 24.3 Å². The highest BCUT2D eigenvalue weighted by molar-refractivity contribution is 6.26. The molecule has 2 saturated heterocycles. The van der Waals surface area contributed by atoms with Crippen molar-refractivity contribution in [3.05, 3.63) is 94.7 Å². The summed E-state index contributed by atoms with van der Waals surface area (Å²) in [7, 11) is 0. The summed E-state index contributed by atoms with van der Waals surface area (Å²) in [4.78, 5) is 58.7. The van der Waals surface area contributed by atoms with E-state index in [0.717, 1.165) is 27.6 Å². The Labute approximate surface area is 230 Å². The zero-order valence-electron chi connectivity index (χ0n) is 22.4. The Morgan fingerprint density at radius 2 is 1.70 bits per heavy atom. The molecule has 8 heteroatoms. The number of anilines is 2. The normalized spacial score (nSPS) is 25.1. The van der Waals surface area contributed by atoms with Gasteiger partial charge in [-0.05, 0) is 74.2 Å². The molecule has 8 nitrogen and oxygen atoms in total. The summed E-state index contributed by atoms with van der Waals surface area (Å²) in [5, 5.41) is 7.63. The van der Waals surface area contributed by atoms with Gasteiger partial charge in [-0.1, -0.05) is 30.3 Å². The number of amides is 3. The number of aromatic nitrogens is 1. The van der Waals surface area contributed by atoms with Crippen LogP contribution in [0, 0.1) is 25.7 Å². The van der Waals surface area contributed by atoms with E-state index >= 15 is 0 Å². The third kappa shape index (κ3) is 3.17. The Morgan fingerprint density at radius 1 is 0.950 bits per heavy atom. The van der Waals surface area contributed by atoms with E-state index in [2.05, 4.69) is 15.6 Å². The molecular weight excluding hydrogens is 504 g/mol. The first-order valence-corrected chi connectivity index (χ1v) is 13.5. The van der Waals surface area contributed by atoms with Gasteiger partial charge in [-0.25, -0.2) is 4.90 Å². The number of Topliss-reactive ketones (excluding diaryl/α,β-unsaturated/α-hetero) is 1. The molecule has 3 N–H and O–H groups in total. The first-order chi connectivity index (χ1) is 19.2. The summed E-state index contributed by atoms with van der Waals surface area (Å²) in [5.41, 5.74) is 4.88. The van der Waals surface area contributed by atoms with E-state index in [0.29, 0.717) is 28.9 Å². The first-order valence-electron chi connectivity index (χ1n) is 13.5. The third-order valence-electron chi connectivity index (χ3n) is 9.07.